The third-order valence-corrected chi connectivity index (χ3v) is 3.90. The lowest BCUT2D eigenvalue weighted by Crippen LogP contribution is -2.29. The van der Waals surface area contributed by atoms with E-state index in [9.17, 15) is 9.18 Å². The summed E-state index contributed by atoms with van der Waals surface area (Å²) in [5.41, 5.74) is 0.407. The van der Waals surface area contributed by atoms with Crippen LogP contribution in [-0.2, 0) is 0 Å². The van der Waals surface area contributed by atoms with E-state index in [0.717, 1.165) is 6.42 Å². The highest BCUT2D eigenvalue weighted by Crippen LogP contribution is 2.25. The summed E-state index contributed by atoms with van der Waals surface area (Å²) in [7, 11) is 0. The van der Waals surface area contributed by atoms with Crippen LogP contribution in [0.4, 0.5) is 4.39 Å². The van der Waals surface area contributed by atoms with Crippen LogP contribution >= 0.6 is 11.8 Å². The zero-order chi connectivity index (χ0) is 11.4. The van der Waals surface area contributed by atoms with Crippen molar-refractivity contribution < 1.29 is 9.18 Å². The first kappa shape index (κ1) is 11.4. The number of thioether (sulfide) groups is 1. The van der Waals surface area contributed by atoms with Crippen LogP contribution in [0.25, 0.3) is 0 Å². The van der Waals surface area contributed by atoms with E-state index in [-0.39, 0.29) is 5.91 Å². The molecular weight excluding hydrogens is 227 g/mol. The predicted molar refractivity (Wildman–Crippen MR) is 62.0 cm³/mol. The Labute approximate surface area is 97.8 Å². The van der Waals surface area contributed by atoms with Gasteiger partial charge in [0.25, 0.3) is 5.91 Å². The zero-order valence-corrected chi connectivity index (χ0v) is 9.60. The van der Waals surface area contributed by atoms with Crippen molar-refractivity contribution in [1.82, 2.24) is 10.3 Å². The average molecular weight is 240 g/mol. The van der Waals surface area contributed by atoms with Gasteiger partial charge in [-0.3, -0.25) is 4.79 Å². The Hall–Kier alpha value is -1.10. The summed E-state index contributed by atoms with van der Waals surface area (Å²) < 4.78 is 12.5. The van der Waals surface area contributed by atoms with Crippen molar-refractivity contribution in [3.05, 3.63) is 29.8 Å². The van der Waals surface area contributed by atoms with E-state index in [1.54, 1.807) is 0 Å². The van der Waals surface area contributed by atoms with Crippen molar-refractivity contribution in [2.75, 3.05) is 12.3 Å². The van der Waals surface area contributed by atoms with Gasteiger partial charge in [0.1, 0.15) is 0 Å². The van der Waals surface area contributed by atoms with Crippen LogP contribution in [0.2, 0.25) is 0 Å². The van der Waals surface area contributed by atoms with Gasteiger partial charge in [-0.1, -0.05) is 0 Å². The van der Waals surface area contributed by atoms with Crippen LogP contribution in [0.5, 0.6) is 0 Å². The molecule has 3 nitrogen and oxygen atoms in total. The number of pyridine rings is 1. The third kappa shape index (κ3) is 2.95. The van der Waals surface area contributed by atoms with Crippen LogP contribution < -0.4 is 5.32 Å². The second kappa shape index (κ2) is 5.30. The lowest BCUT2D eigenvalue weighted by molar-refractivity contribution is 0.0953. The molecule has 0 aromatic carbocycles. The SMILES string of the molecule is O=C(NCC1CCCS1)c1ccc(F)nc1. The topological polar surface area (TPSA) is 42.0 Å². The third-order valence-electron chi connectivity index (χ3n) is 2.50. The maximum atomic E-state index is 12.5. The van der Waals surface area contributed by atoms with Gasteiger partial charge in [0, 0.05) is 18.0 Å². The van der Waals surface area contributed by atoms with Crippen molar-refractivity contribution in [3.8, 4) is 0 Å². The molecule has 1 atom stereocenters. The molecule has 1 fully saturated rings. The average Bonchev–Trinajstić information content (AvgIpc) is 2.80. The molecule has 1 aliphatic heterocycles. The number of amides is 1. The van der Waals surface area contributed by atoms with Gasteiger partial charge in [-0.25, -0.2) is 4.98 Å². The summed E-state index contributed by atoms with van der Waals surface area (Å²) in [6.07, 6.45) is 3.64. The van der Waals surface area contributed by atoms with Gasteiger partial charge < -0.3 is 5.32 Å². The summed E-state index contributed by atoms with van der Waals surface area (Å²) in [6, 6.07) is 2.64. The zero-order valence-electron chi connectivity index (χ0n) is 8.78. The molecule has 1 aromatic rings. The van der Waals surface area contributed by atoms with Crippen molar-refractivity contribution in [2.24, 2.45) is 0 Å². The van der Waals surface area contributed by atoms with Gasteiger partial charge in [-0.2, -0.15) is 16.2 Å². The van der Waals surface area contributed by atoms with Gasteiger partial charge in [0.15, 0.2) is 0 Å². The van der Waals surface area contributed by atoms with E-state index >= 15 is 0 Å². The summed E-state index contributed by atoms with van der Waals surface area (Å²) in [6.45, 7) is 0.681. The van der Waals surface area contributed by atoms with Crippen LogP contribution in [0, 0.1) is 5.95 Å². The van der Waals surface area contributed by atoms with Crippen LogP contribution in [0.3, 0.4) is 0 Å². The molecule has 1 N–H and O–H groups in total. The largest absolute Gasteiger partial charge is 0.351 e. The molecule has 1 amide bonds. The first-order chi connectivity index (χ1) is 7.75. The van der Waals surface area contributed by atoms with Crippen molar-refractivity contribution in [2.45, 2.75) is 18.1 Å². The Kier molecular flexibility index (Phi) is 3.77. The molecule has 0 saturated carbocycles. The Bertz CT molecular complexity index is 363. The number of halogens is 1. The highest BCUT2D eigenvalue weighted by Gasteiger charge is 2.16. The molecule has 0 aliphatic carbocycles. The summed E-state index contributed by atoms with van der Waals surface area (Å²) in [4.78, 5) is 15.1. The molecule has 16 heavy (non-hydrogen) atoms. The van der Waals surface area contributed by atoms with Gasteiger partial charge in [-0.15, -0.1) is 0 Å². The van der Waals surface area contributed by atoms with Crippen molar-refractivity contribution in [1.29, 1.82) is 0 Å². The van der Waals surface area contributed by atoms with Gasteiger partial charge in [0.2, 0.25) is 5.95 Å². The molecule has 1 unspecified atom stereocenters. The molecule has 1 aromatic heterocycles. The minimum absolute atomic E-state index is 0.181. The number of rotatable bonds is 3. The minimum atomic E-state index is -0.567. The van der Waals surface area contributed by atoms with Crippen molar-refractivity contribution in [3.63, 3.8) is 0 Å². The number of nitrogens with one attached hydrogen (secondary N) is 1. The van der Waals surface area contributed by atoms with E-state index in [2.05, 4.69) is 10.3 Å². The molecule has 2 heterocycles. The maximum absolute atomic E-state index is 12.5. The number of hydrogen-bond donors (Lipinski definition) is 1. The van der Waals surface area contributed by atoms with Crippen LogP contribution in [-0.4, -0.2) is 28.4 Å². The van der Waals surface area contributed by atoms with Crippen LogP contribution in [0.15, 0.2) is 18.3 Å². The summed E-state index contributed by atoms with van der Waals surface area (Å²) in [5.74, 6) is 0.432. The highest BCUT2D eigenvalue weighted by molar-refractivity contribution is 8.00. The molecule has 5 heteroatoms. The smallest absolute Gasteiger partial charge is 0.252 e. The second-order valence-corrected chi connectivity index (χ2v) is 5.12. The number of nitrogens with zero attached hydrogens (tertiary/aromatic N) is 1. The lowest BCUT2D eigenvalue weighted by Gasteiger charge is -2.09. The minimum Gasteiger partial charge on any atom is -0.351 e. The summed E-state index contributed by atoms with van der Waals surface area (Å²) >= 11 is 1.89. The van der Waals surface area contributed by atoms with E-state index in [0.29, 0.717) is 17.4 Å². The fraction of sp³-hybridized carbons (Fsp3) is 0.455. The number of hydrogen-bond acceptors (Lipinski definition) is 3. The number of aromatic nitrogens is 1. The number of carbonyl (C=O) groups is 1. The van der Waals surface area contributed by atoms with Crippen molar-refractivity contribution >= 4 is 17.7 Å². The lowest BCUT2D eigenvalue weighted by atomic mass is 10.2. The van der Waals surface area contributed by atoms with Gasteiger partial charge in [-0.05, 0) is 30.7 Å². The predicted octanol–water partition coefficient (Wildman–Crippen LogP) is 1.85. The van der Waals surface area contributed by atoms with E-state index in [1.165, 1.54) is 30.5 Å². The Balaban J connectivity index is 1.85. The fourth-order valence-corrected chi connectivity index (χ4v) is 2.83. The Morgan fingerprint density at radius 3 is 3.12 bits per heavy atom. The standard InChI is InChI=1S/C11H13FN2OS/c12-10-4-3-8(6-13-10)11(15)14-7-9-2-1-5-16-9/h3-4,6,9H,1-2,5,7H2,(H,14,15). The first-order valence-electron chi connectivity index (χ1n) is 5.27. The molecule has 1 saturated heterocycles. The van der Waals surface area contributed by atoms with E-state index < -0.39 is 5.95 Å². The molecule has 0 bridgehead atoms. The molecule has 86 valence electrons. The highest BCUT2D eigenvalue weighted by atomic mass is 32.2. The van der Waals surface area contributed by atoms with E-state index in [4.69, 9.17) is 0 Å². The molecule has 2 rings (SSSR count). The first-order valence-corrected chi connectivity index (χ1v) is 6.32. The Morgan fingerprint density at radius 1 is 1.62 bits per heavy atom. The molecule has 0 spiro atoms. The number of carbonyl (C=O) groups excluding carboxylic acids is 1. The molecule has 1 aliphatic rings. The molecular formula is C11H13FN2OS. The second-order valence-electron chi connectivity index (χ2n) is 3.71. The van der Waals surface area contributed by atoms with E-state index in [1.807, 2.05) is 11.8 Å². The maximum Gasteiger partial charge on any atom is 0.252 e. The molecule has 0 radical (unpaired) electrons. The monoisotopic (exact) mass is 240 g/mol. The normalized spacial score (nSPS) is 19.7. The van der Waals surface area contributed by atoms with Gasteiger partial charge >= 0.3 is 0 Å². The Morgan fingerprint density at radius 2 is 2.50 bits per heavy atom. The fourth-order valence-electron chi connectivity index (χ4n) is 1.62. The quantitative estimate of drug-likeness (QED) is 0.820. The summed E-state index contributed by atoms with van der Waals surface area (Å²) in [5, 5.41) is 3.36. The van der Waals surface area contributed by atoms with Crippen LogP contribution in [0.1, 0.15) is 23.2 Å². The van der Waals surface area contributed by atoms with Gasteiger partial charge in [0.05, 0.1) is 5.56 Å².